The van der Waals surface area contributed by atoms with Crippen LogP contribution in [-0.2, 0) is 41.4 Å². The molecule has 3 aliphatic heterocycles. The fourth-order valence-corrected chi connectivity index (χ4v) is 7.94. The molecule has 3 aliphatic rings. The Balaban J connectivity index is 1.23. The molecular formula is C22H30N10O13P2. The van der Waals surface area contributed by atoms with Crippen LogP contribution in [0.2, 0.25) is 0 Å². The Hall–Kier alpha value is -3.28. The van der Waals surface area contributed by atoms with E-state index in [0.29, 0.717) is 0 Å². The Morgan fingerprint density at radius 2 is 1.74 bits per heavy atom. The number of H-pyrrole nitrogens is 1. The third-order valence-corrected chi connectivity index (χ3v) is 10.5. The van der Waals surface area contributed by atoms with Crippen LogP contribution in [0.1, 0.15) is 12.5 Å². The van der Waals surface area contributed by atoms with E-state index in [1.54, 1.807) is 0 Å². The number of ether oxygens (including phenoxy) is 3. The molecule has 3 saturated heterocycles. The summed E-state index contributed by atoms with van der Waals surface area (Å²) in [6.07, 6.45) is -6.81. The zero-order chi connectivity index (χ0) is 33.2. The molecule has 4 aromatic rings. The number of nitrogens with two attached hydrogens (primary N) is 2. The third kappa shape index (κ3) is 5.68. The van der Waals surface area contributed by atoms with Crippen molar-refractivity contribution in [3.05, 3.63) is 29.3 Å². The first-order valence-electron chi connectivity index (χ1n) is 13.8. The van der Waals surface area contributed by atoms with Gasteiger partial charge in [0.1, 0.15) is 0 Å². The standard InChI is InChI=1S/C22H30N10O13P2/c1-38-14-9-3-40-46(35,36)44-13-8(42-20(12(13)33)31-6-27-10-16(23)25-5-26-17(10)31)4-41-47(37,39-2)45-15(14)21(43-9)32-7-28-11-18(32)29-22(24)30-19(11)34/h5-9,12-15,20-21,33,37,47H,3-4H2,1-2H3,(H,35,36)(H2,23,25,26)(H3,24,29,30,34). The number of phosphoric acid groups is 1. The molecule has 9 atom stereocenters. The van der Waals surface area contributed by atoms with Gasteiger partial charge in [0.05, 0.1) is 0 Å². The van der Waals surface area contributed by atoms with Crippen molar-refractivity contribution in [1.82, 2.24) is 39.0 Å². The molecule has 47 heavy (non-hydrogen) atoms. The van der Waals surface area contributed by atoms with E-state index in [1.165, 1.54) is 35.2 Å². The summed E-state index contributed by atoms with van der Waals surface area (Å²) in [5.74, 6) is -0.134. The summed E-state index contributed by atoms with van der Waals surface area (Å²) < 4.78 is 61.5. The van der Waals surface area contributed by atoms with Gasteiger partial charge in [-0.2, -0.15) is 0 Å². The maximum atomic E-state index is 13.3. The summed E-state index contributed by atoms with van der Waals surface area (Å²) in [6.45, 7) is -1.20. The summed E-state index contributed by atoms with van der Waals surface area (Å²) in [4.78, 5) is 57.5. The Bertz CT molecular complexity index is 1910. The summed E-state index contributed by atoms with van der Waals surface area (Å²) in [5, 5.41) is 11.3. The van der Waals surface area contributed by atoms with Crippen molar-refractivity contribution in [2.75, 3.05) is 38.9 Å². The molecule has 4 aromatic heterocycles. The van der Waals surface area contributed by atoms with Crippen LogP contribution in [0.3, 0.4) is 0 Å². The number of nitrogens with one attached hydrogen (secondary N) is 1. The Morgan fingerprint density at radius 1 is 1.02 bits per heavy atom. The van der Waals surface area contributed by atoms with E-state index >= 15 is 0 Å². The van der Waals surface area contributed by atoms with Crippen LogP contribution in [0.15, 0.2) is 23.8 Å². The quantitative estimate of drug-likeness (QED) is 0.128. The molecule has 8 N–H and O–H groups in total. The van der Waals surface area contributed by atoms with Crippen LogP contribution in [0.5, 0.6) is 0 Å². The number of aromatic amines is 1. The molecule has 0 saturated carbocycles. The number of imidazole rings is 2. The molecule has 0 aliphatic carbocycles. The average Bonchev–Trinajstić information content (AvgIpc) is 3.79. The zero-order valence-electron chi connectivity index (χ0n) is 24.4. The van der Waals surface area contributed by atoms with Gasteiger partial charge in [0.2, 0.25) is 0 Å². The fraction of sp³-hybridized carbons (Fsp3) is 0.545. The van der Waals surface area contributed by atoms with E-state index in [0.717, 1.165) is 7.11 Å². The second kappa shape index (κ2) is 12.0. The predicted octanol–water partition coefficient (Wildman–Crippen LogP) is -1.74. The van der Waals surface area contributed by atoms with Crippen LogP contribution in [0.25, 0.3) is 22.3 Å². The van der Waals surface area contributed by atoms with Gasteiger partial charge in [-0.15, -0.1) is 0 Å². The van der Waals surface area contributed by atoms with Gasteiger partial charge in [0.25, 0.3) is 0 Å². The number of phosphoric ester groups is 1. The first kappa shape index (κ1) is 32.3. The molecule has 25 heteroatoms. The number of hydrogen-bond acceptors (Lipinski definition) is 19. The minimum atomic E-state index is -4.98. The van der Waals surface area contributed by atoms with Gasteiger partial charge in [-0.05, 0) is 0 Å². The van der Waals surface area contributed by atoms with Gasteiger partial charge in [-0.1, -0.05) is 0 Å². The van der Waals surface area contributed by atoms with Gasteiger partial charge in [0, 0.05) is 0 Å². The van der Waals surface area contributed by atoms with Crippen molar-refractivity contribution < 1.29 is 56.3 Å². The summed E-state index contributed by atoms with van der Waals surface area (Å²) in [5.41, 5.74) is 11.4. The molecule has 2 bridgehead atoms. The third-order valence-electron chi connectivity index (χ3n) is 7.88. The van der Waals surface area contributed by atoms with Crippen molar-refractivity contribution in [2.45, 2.75) is 49.1 Å². The second-order valence-corrected chi connectivity index (χ2v) is 14.0. The molecule has 256 valence electrons. The summed E-state index contributed by atoms with van der Waals surface area (Å²) >= 11 is 0. The number of methoxy groups -OCH3 is 1. The molecule has 0 radical (unpaired) electrons. The molecular weight excluding hydrogens is 674 g/mol. The van der Waals surface area contributed by atoms with Crippen LogP contribution < -0.4 is 17.0 Å². The molecule has 0 amide bonds. The fourth-order valence-electron chi connectivity index (χ4n) is 5.73. The molecule has 0 spiro atoms. The Morgan fingerprint density at radius 3 is 2.49 bits per heavy atom. The van der Waals surface area contributed by atoms with Crippen LogP contribution in [0, 0.1) is 0 Å². The SMILES string of the molecule is COC1C2COP(=O)(O)OC3C(CO[PH](O)(OC)OC1C(n1cnc4c(=O)[nH]c(N)nc41)O2)OC(n1cnc2c(N)ncnc21)C3O. The molecule has 9 unspecified atom stereocenters. The van der Waals surface area contributed by atoms with E-state index in [4.69, 9.17) is 48.3 Å². The van der Waals surface area contributed by atoms with Gasteiger partial charge in [0.15, 0.2) is 0 Å². The molecule has 0 aromatic carbocycles. The number of rotatable bonds is 4. The maximum absolute atomic E-state index is 13.3. The topological polar surface area (TPSA) is 311 Å². The molecule has 7 heterocycles. The van der Waals surface area contributed by atoms with Crippen molar-refractivity contribution in [3.8, 4) is 0 Å². The Labute approximate surface area is 262 Å². The number of aromatic nitrogens is 8. The van der Waals surface area contributed by atoms with Gasteiger partial charge in [-0.3, -0.25) is 0 Å². The molecule has 7 rings (SSSR count). The summed E-state index contributed by atoms with van der Waals surface area (Å²) in [6, 6.07) is 0. The number of aliphatic hydroxyl groups is 1. The number of nitrogen functional groups attached to an aromatic ring is 2. The number of fused-ring (bicyclic) bond motifs is 5. The van der Waals surface area contributed by atoms with E-state index in [1.807, 2.05) is 0 Å². The van der Waals surface area contributed by atoms with Crippen molar-refractivity contribution in [2.24, 2.45) is 0 Å². The first-order chi connectivity index (χ1) is 22.4. The predicted molar refractivity (Wildman–Crippen MR) is 156 cm³/mol. The monoisotopic (exact) mass is 704 g/mol. The van der Waals surface area contributed by atoms with Crippen LogP contribution in [0.4, 0.5) is 11.8 Å². The van der Waals surface area contributed by atoms with E-state index in [9.17, 15) is 24.3 Å². The van der Waals surface area contributed by atoms with Gasteiger partial charge in [-0.25, -0.2) is 0 Å². The number of nitrogens with zero attached hydrogens (tertiary/aromatic N) is 7. The van der Waals surface area contributed by atoms with E-state index in [-0.39, 0.29) is 34.1 Å². The molecule has 3 fully saturated rings. The second-order valence-electron chi connectivity index (χ2n) is 10.6. The number of anilines is 2. The Kier molecular flexibility index (Phi) is 8.24. The van der Waals surface area contributed by atoms with Gasteiger partial charge < -0.3 is 0 Å². The normalized spacial score (nSPS) is 35.3. The van der Waals surface area contributed by atoms with E-state index < -0.39 is 83.8 Å². The van der Waals surface area contributed by atoms with Gasteiger partial charge >= 0.3 is 263 Å². The van der Waals surface area contributed by atoms with Crippen LogP contribution >= 0.6 is 16.0 Å². The van der Waals surface area contributed by atoms with Crippen LogP contribution in [-0.4, -0.2) is 118 Å². The first-order valence-corrected chi connectivity index (χ1v) is 17.0. The molecule has 23 nitrogen and oxygen atoms in total. The number of hydrogen-bond donors (Lipinski definition) is 6. The van der Waals surface area contributed by atoms with E-state index in [2.05, 4.69) is 29.9 Å². The summed E-state index contributed by atoms with van der Waals surface area (Å²) in [7, 11) is -7.21. The van der Waals surface area contributed by atoms with Crippen molar-refractivity contribution in [3.63, 3.8) is 0 Å². The average molecular weight is 704 g/mol. The van der Waals surface area contributed by atoms with Crippen molar-refractivity contribution >= 4 is 50.1 Å². The zero-order valence-corrected chi connectivity index (χ0v) is 26.3. The minimum absolute atomic E-state index is 0.00312. The van der Waals surface area contributed by atoms with Crippen molar-refractivity contribution in [1.29, 1.82) is 0 Å². The number of aliphatic hydroxyl groups excluding tert-OH is 1.